The molecule has 0 fully saturated rings. The fourth-order valence-corrected chi connectivity index (χ4v) is 2.69. The van der Waals surface area contributed by atoms with Crippen molar-refractivity contribution in [3.63, 3.8) is 0 Å². The molecule has 28 heavy (non-hydrogen) atoms. The lowest BCUT2D eigenvalue weighted by Gasteiger charge is -2.08. The van der Waals surface area contributed by atoms with E-state index in [2.05, 4.69) is 0 Å². The number of hydrogen-bond donors (Lipinski definition) is 0. The molecule has 0 spiro atoms. The number of Topliss-reactive ketones (excluding diaryl/α,β-unsaturated/α-hetero) is 2. The third-order valence-electron chi connectivity index (χ3n) is 3.81. The van der Waals surface area contributed by atoms with Gasteiger partial charge in [-0.2, -0.15) is 13.2 Å². The Morgan fingerprint density at radius 1 is 0.929 bits per heavy atom. The van der Waals surface area contributed by atoms with Crippen LogP contribution in [0.25, 0.3) is 17.4 Å². The molecule has 3 nitrogen and oxygen atoms in total. The Labute approximate surface area is 163 Å². The normalized spacial score (nSPS) is 12.1. The quantitative estimate of drug-likeness (QED) is 0.227. The fraction of sp³-hybridized carbons (Fsp3) is 0.0476. The van der Waals surface area contributed by atoms with Gasteiger partial charge in [-0.25, -0.2) is 0 Å². The van der Waals surface area contributed by atoms with Gasteiger partial charge in [0.15, 0.2) is 5.78 Å². The van der Waals surface area contributed by atoms with Crippen LogP contribution in [-0.4, -0.2) is 17.7 Å². The molecule has 0 unspecified atom stereocenters. The molecule has 0 aliphatic carbocycles. The summed E-state index contributed by atoms with van der Waals surface area (Å²) < 4.78 is 44.5. The maximum Gasteiger partial charge on any atom is 0.455 e. The van der Waals surface area contributed by atoms with Crippen molar-refractivity contribution in [1.82, 2.24) is 0 Å². The van der Waals surface area contributed by atoms with Gasteiger partial charge in [-0.05, 0) is 30.3 Å². The summed E-state index contributed by atoms with van der Waals surface area (Å²) in [5.41, 5.74) is -0.455. The maximum absolute atomic E-state index is 13.0. The first-order valence-electron chi connectivity index (χ1n) is 8.04. The van der Waals surface area contributed by atoms with Gasteiger partial charge in [0.05, 0.1) is 5.57 Å². The highest BCUT2D eigenvalue weighted by Gasteiger charge is 2.43. The van der Waals surface area contributed by atoms with E-state index in [1.807, 2.05) is 0 Å². The summed E-state index contributed by atoms with van der Waals surface area (Å²) in [7, 11) is 0. The molecular weight excluding hydrogens is 393 g/mol. The van der Waals surface area contributed by atoms with Crippen LogP contribution < -0.4 is 0 Å². The molecule has 1 aromatic heterocycles. The smallest absolute Gasteiger partial charge is 0.455 e. The van der Waals surface area contributed by atoms with E-state index in [1.54, 1.807) is 30.3 Å². The number of ketones is 2. The highest BCUT2D eigenvalue weighted by atomic mass is 35.5. The number of carbonyl (C=O) groups is 2. The van der Waals surface area contributed by atoms with Crippen LogP contribution in [0.3, 0.4) is 0 Å². The lowest BCUT2D eigenvalue weighted by Crippen LogP contribution is -2.28. The summed E-state index contributed by atoms with van der Waals surface area (Å²) >= 11 is 5.92. The van der Waals surface area contributed by atoms with Crippen LogP contribution in [0, 0.1) is 0 Å². The summed E-state index contributed by atoms with van der Waals surface area (Å²) in [5.74, 6) is -3.00. The third-order valence-corrected chi connectivity index (χ3v) is 4.04. The van der Waals surface area contributed by atoms with Crippen LogP contribution in [-0.2, 0) is 4.79 Å². The minimum atomic E-state index is -5.20. The zero-order chi connectivity index (χ0) is 20.3. The topological polar surface area (TPSA) is 47.3 Å². The predicted octanol–water partition coefficient (Wildman–Crippen LogP) is 6.00. The molecule has 0 amide bonds. The number of halogens is 4. The van der Waals surface area contributed by atoms with Crippen LogP contribution in [0.4, 0.5) is 13.2 Å². The first-order valence-corrected chi connectivity index (χ1v) is 8.42. The number of carbonyl (C=O) groups excluding carboxylic acids is 2. The van der Waals surface area contributed by atoms with Crippen LogP contribution in [0.15, 0.2) is 76.7 Å². The van der Waals surface area contributed by atoms with Gasteiger partial charge in [0.25, 0.3) is 5.78 Å². The van der Waals surface area contributed by atoms with Gasteiger partial charge in [-0.1, -0.05) is 54.1 Å². The molecule has 7 heteroatoms. The Morgan fingerprint density at radius 2 is 1.64 bits per heavy atom. The minimum absolute atomic E-state index is 0.0343. The van der Waals surface area contributed by atoms with E-state index in [4.69, 9.17) is 16.0 Å². The van der Waals surface area contributed by atoms with Crippen LogP contribution in [0.1, 0.15) is 16.1 Å². The van der Waals surface area contributed by atoms with Crippen molar-refractivity contribution in [1.29, 1.82) is 0 Å². The summed E-state index contributed by atoms with van der Waals surface area (Å²) in [6, 6.07) is 16.8. The molecule has 0 saturated heterocycles. The SMILES string of the molecule is O=C(/C(=C\c1ccc(-c2cccc(Cl)c2)o1)C(=O)C(F)(F)F)c1ccccc1. The average Bonchev–Trinajstić information content (AvgIpc) is 3.14. The monoisotopic (exact) mass is 404 g/mol. The highest BCUT2D eigenvalue weighted by Crippen LogP contribution is 2.28. The van der Waals surface area contributed by atoms with Crippen LogP contribution >= 0.6 is 11.6 Å². The third kappa shape index (κ3) is 4.40. The number of rotatable bonds is 5. The molecule has 0 bridgehead atoms. The molecule has 0 aliphatic rings. The molecule has 0 N–H and O–H groups in total. The summed E-state index contributed by atoms with van der Waals surface area (Å²) in [6.45, 7) is 0. The Morgan fingerprint density at radius 3 is 2.29 bits per heavy atom. The predicted molar refractivity (Wildman–Crippen MR) is 99.0 cm³/mol. The molecule has 3 rings (SSSR count). The van der Waals surface area contributed by atoms with Gasteiger partial charge in [0.2, 0.25) is 0 Å². The van der Waals surface area contributed by atoms with Crippen molar-refractivity contribution in [2.75, 3.05) is 0 Å². The van der Waals surface area contributed by atoms with Gasteiger partial charge in [0.1, 0.15) is 11.5 Å². The molecule has 3 aromatic rings. The van der Waals surface area contributed by atoms with Gasteiger partial charge >= 0.3 is 6.18 Å². The first-order chi connectivity index (χ1) is 13.3. The van der Waals surface area contributed by atoms with Crippen molar-refractivity contribution in [3.8, 4) is 11.3 Å². The number of benzene rings is 2. The van der Waals surface area contributed by atoms with Gasteiger partial charge < -0.3 is 4.42 Å². The number of alkyl halides is 3. The van der Waals surface area contributed by atoms with Crippen LogP contribution in [0.2, 0.25) is 5.02 Å². The zero-order valence-electron chi connectivity index (χ0n) is 14.2. The van der Waals surface area contributed by atoms with Crippen molar-refractivity contribution >= 4 is 29.2 Å². The highest BCUT2D eigenvalue weighted by molar-refractivity contribution is 6.31. The first kappa shape index (κ1) is 19.6. The second kappa shape index (κ2) is 7.86. The zero-order valence-corrected chi connectivity index (χ0v) is 14.9. The largest absolute Gasteiger partial charge is 0.457 e. The van der Waals surface area contributed by atoms with Crippen LogP contribution in [0.5, 0.6) is 0 Å². The minimum Gasteiger partial charge on any atom is -0.457 e. The van der Waals surface area contributed by atoms with Crippen molar-refractivity contribution in [2.45, 2.75) is 6.18 Å². The van der Waals surface area contributed by atoms with E-state index < -0.39 is 23.3 Å². The Hall–Kier alpha value is -3.12. The van der Waals surface area contributed by atoms with E-state index in [1.165, 1.54) is 36.4 Å². The fourth-order valence-electron chi connectivity index (χ4n) is 2.50. The number of furan rings is 1. The number of hydrogen-bond acceptors (Lipinski definition) is 3. The van der Waals surface area contributed by atoms with E-state index >= 15 is 0 Å². The second-order valence-electron chi connectivity index (χ2n) is 5.79. The summed E-state index contributed by atoms with van der Waals surface area (Å²) in [5, 5.41) is 0.457. The molecule has 142 valence electrons. The van der Waals surface area contributed by atoms with Gasteiger partial charge in [0, 0.05) is 16.1 Å². The van der Waals surface area contributed by atoms with E-state index in [-0.39, 0.29) is 11.3 Å². The van der Waals surface area contributed by atoms with Gasteiger partial charge in [-0.15, -0.1) is 0 Å². The average molecular weight is 405 g/mol. The molecular formula is C21H12ClF3O3. The van der Waals surface area contributed by atoms with Crippen molar-refractivity contribution in [2.24, 2.45) is 0 Å². The van der Waals surface area contributed by atoms with E-state index in [9.17, 15) is 22.8 Å². The Kier molecular flexibility index (Phi) is 5.51. The molecule has 2 aromatic carbocycles. The number of allylic oxidation sites excluding steroid dienone is 1. The van der Waals surface area contributed by atoms with Crippen molar-refractivity contribution in [3.05, 3.63) is 88.6 Å². The van der Waals surface area contributed by atoms with E-state index in [0.29, 0.717) is 16.3 Å². The standard InChI is InChI=1S/C21H12ClF3O3/c22-15-8-4-7-14(11-15)18-10-9-16(28-18)12-17(20(27)21(23,24)25)19(26)13-5-2-1-3-6-13/h1-12H/b17-12+. The van der Waals surface area contributed by atoms with E-state index in [0.717, 1.165) is 6.08 Å². The molecule has 0 aliphatic heterocycles. The molecule has 0 atom stereocenters. The lowest BCUT2D eigenvalue weighted by molar-refractivity contribution is -0.166. The van der Waals surface area contributed by atoms with Gasteiger partial charge in [-0.3, -0.25) is 9.59 Å². The molecule has 0 saturated carbocycles. The second-order valence-corrected chi connectivity index (χ2v) is 6.23. The lowest BCUT2D eigenvalue weighted by atomic mass is 9.99. The maximum atomic E-state index is 13.0. The molecule has 0 radical (unpaired) electrons. The Bertz CT molecular complexity index is 1050. The molecule has 1 heterocycles. The summed E-state index contributed by atoms with van der Waals surface area (Å²) in [6.07, 6.45) is -4.39. The Balaban J connectivity index is 2.02. The van der Waals surface area contributed by atoms with Crippen molar-refractivity contribution < 1.29 is 27.2 Å². The summed E-state index contributed by atoms with van der Waals surface area (Å²) in [4.78, 5) is 24.3.